The number of nitrogens with one attached hydrogen (secondary N) is 2. The lowest BCUT2D eigenvalue weighted by molar-refractivity contribution is -0.115. The van der Waals surface area contributed by atoms with Crippen LogP contribution in [0, 0.1) is 0 Å². The van der Waals surface area contributed by atoms with E-state index in [4.69, 9.17) is 0 Å². The lowest BCUT2D eigenvalue weighted by atomic mass is 10.2. The molecular formula is C26H20N4O3. The highest BCUT2D eigenvalue weighted by Gasteiger charge is 2.15. The van der Waals surface area contributed by atoms with Gasteiger partial charge in [0.05, 0.1) is 5.52 Å². The lowest BCUT2D eigenvalue weighted by Gasteiger charge is -2.05. The van der Waals surface area contributed by atoms with E-state index in [0.717, 1.165) is 5.56 Å². The minimum atomic E-state index is -0.762. The van der Waals surface area contributed by atoms with E-state index >= 15 is 0 Å². The quantitative estimate of drug-likeness (QED) is 0.211. The zero-order valence-electron chi connectivity index (χ0n) is 17.5. The molecule has 1 aromatic heterocycles. The predicted octanol–water partition coefficient (Wildman–Crippen LogP) is 5.51. The second-order valence-corrected chi connectivity index (χ2v) is 7.04. The summed E-state index contributed by atoms with van der Waals surface area (Å²) in [6.07, 6.45) is 4.90. The molecule has 4 aromatic rings. The van der Waals surface area contributed by atoms with Crippen molar-refractivity contribution in [3.05, 3.63) is 114 Å². The lowest BCUT2D eigenvalue weighted by Crippen LogP contribution is -2.26. The summed E-state index contributed by atoms with van der Waals surface area (Å²) in [7, 11) is 0. The fourth-order valence-electron chi connectivity index (χ4n) is 3.13. The van der Waals surface area contributed by atoms with Crippen molar-refractivity contribution >= 4 is 34.5 Å². The van der Waals surface area contributed by atoms with Gasteiger partial charge in [-0.1, -0.05) is 78.9 Å². The molecule has 1 heterocycles. The number of H-pyrrole nitrogens is 1. The number of para-hydroxylation sites is 1. The maximum absolute atomic E-state index is 12.8. The number of aromatic hydroxyl groups is 1. The standard InChI is InChI=1S/C26H20N4O3/c31-24(19-13-5-2-6-14-19)28-22(17-9-12-18-10-3-1-4-11-18)25(32)30-29-23-20-15-7-8-16-21(20)27-26(23)33/h1-17,27,33H,(H,28,31)/b12-9+,22-17-,30-29?. The Morgan fingerprint density at radius 3 is 2.30 bits per heavy atom. The van der Waals surface area contributed by atoms with Crippen LogP contribution in [-0.4, -0.2) is 21.9 Å². The zero-order valence-corrected chi connectivity index (χ0v) is 17.5. The van der Waals surface area contributed by atoms with Crippen LogP contribution in [0.3, 0.4) is 0 Å². The topological polar surface area (TPSA) is 107 Å². The van der Waals surface area contributed by atoms with Crippen molar-refractivity contribution in [3.8, 4) is 5.88 Å². The van der Waals surface area contributed by atoms with Crippen LogP contribution in [0.4, 0.5) is 5.69 Å². The number of hydrogen-bond donors (Lipinski definition) is 3. The summed E-state index contributed by atoms with van der Waals surface area (Å²) >= 11 is 0. The number of carbonyl (C=O) groups excluding carboxylic acids is 2. The summed E-state index contributed by atoms with van der Waals surface area (Å²) in [5, 5.41) is 21.0. The molecule has 0 spiro atoms. The first-order valence-electron chi connectivity index (χ1n) is 10.2. The third-order valence-electron chi connectivity index (χ3n) is 4.77. The molecule has 4 rings (SSSR count). The summed E-state index contributed by atoms with van der Waals surface area (Å²) in [4.78, 5) is 28.2. The molecule has 2 amide bonds. The van der Waals surface area contributed by atoms with Gasteiger partial charge in [0, 0.05) is 10.9 Å². The number of nitrogens with zero attached hydrogens (tertiary/aromatic N) is 2. The van der Waals surface area contributed by atoms with Crippen LogP contribution in [-0.2, 0) is 4.79 Å². The SMILES string of the molecule is O=C(N=Nc1c(O)[nH]c2ccccc12)/C(=C/C=C/c1ccccc1)NC(=O)c1ccccc1. The number of aromatic nitrogens is 1. The zero-order chi connectivity index (χ0) is 23.0. The second-order valence-electron chi connectivity index (χ2n) is 7.04. The first kappa shape index (κ1) is 21.5. The molecule has 0 aliphatic heterocycles. The van der Waals surface area contributed by atoms with Gasteiger partial charge in [-0.25, -0.2) is 0 Å². The van der Waals surface area contributed by atoms with E-state index in [1.165, 1.54) is 6.08 Å². The molecule has 0 saturated heterocycles. The number of rotatable bonds is 6. The number of carbonyl (C=O) groups is 2. The smallest absolute Gasteiger partial charge is 0.311 e. The van der Waals surface area contributed by atoms with E-state index < -0.39 is 11.8 Å². The van der Waals surface area contributed by atoms with Crippen molar-refractivity contribution in [2.24, 2.45) is 10.2 Å². The molecule has 7 heteroatoms. The number of benzene rings is 3. The van der Waals surface area contributed by atoms with Crippen LogP contribution in [0.1, 0.15) is 15.9 Å². The molecule has 0 radical (unpaired) electrons. The van der Waals surface area contributed by atoms with Crippen LogP contribution in [0.25, 0.3) is 17.0 Å². The van der Waals surface area contributed by atoms with Crippen LogP contribution in [0.2, 0.25) is 0 Å². The summed E-state index contributed by atoms with van der Waals surface area (Å²) in [6, 6.07) is 25.2. The van der Waals surface area contributed by atoms with Crippen LogP contribution in [0.5, 0.6) is 5.88 Å². The number of azo groups is 1. The van der Waals surface area contributed by atoms with Crippen molar-refractivity contribution in [1.29, 1.82) is 0 Å². The Kier molecular flexibility index (Phi) is 6.51. The highest BCUT2D eigenvalue weighted by atomic mass is 16.3. The minimum Gasteiger partial charge on any atom is -0.493 e. The van der Waals surface area contributed by atoms with Gasteiger partial charge in [-0.3, -0.25) is 9.59 Å². The van der Waals surface area contributed by atoms with Gasteiger partial charge in [0.2, 0.25) is 5.88 Å². The Morgan fingerprint density at radius 2 is 1.55 bits per heavy atom. The molecule has 33 heavy (non-hydrogen) atoms. The monoisotopic (exact) mass is 436 g/mol. The maximum atomic E-state index is 12.8. The van der Waals surface area contributed by atoms with Gasteiger partial charge in [0.1, 0.15) is 5.70 Å². The van der Waals surface area contributed by atoms with Crippen LogP contribution < -0.4 is 5.32 Å². The summed E-state index contributed by atoms with van der Waals surface area (Å²) < 4.78 is 0. The van der Waals surface area contributed by atoms with E-state index in [1.807, 2.05) is 36.4 Å². The van der Waals surface area contributed by atoms with Crippen LogP contribution in [0.15, 0.2) is 113 Å². The molecule has 162 valence electrons. The number of hydrogen-bond acceptors (Lipinski definition) is 4. The first-order valence-corrected chi connectivity index (χ1v) is 10.2. The van der Waals surface area contributed by atoms with Crippen molar-refractivity contribution in [2.75, 3.05) is 0 Å². The number of fused-ring (bicyclic) bond motifs is 1. The van der Waals surface area contributed by atoms with E-state index in [2.05, 4.69) is 20.5 Å². The molecule has 7 nitrogen and oxygen atoms in total. The molecular weight excluding hydrogens is 416 g/mol. The second kappa shape index (κ2) is 10.0. The largest absolute Gasteiger partial charge is 0.493 e. The molecule has 0 bridgehead atoms. The Hall–Kier alpha value is -4.78. The van der Waals surface area contributed by atoms with Gasteiger partial charge in [-0.2, -0.15) is 0 Å². The molecule has 0 saturated carbocycles. The highest BCUT2D eigenvalue weighted by Crippen LogP contribution is 2.35. The average molecular weight is 436 g/mol. The predicted molar refractivity (Wildman–Crippen MR) is 127 cm³/mol. The fraction of sp³-hybridized carbons (Fsp3) is 0. The Morgan fingerprint density at radius 1 is 0.879 bits per heavy atom. The summed E-state index contributed by atoms with van der Waals surface area (Å²) in [5.74, 6) is -1.41. The third-order valence-corrected chi connectivity index (χ3v) is 4.77. The summed E-state index contributed by atoms with van der Waals surface area (Å²) in [5.41, 5.74) is 2.08. The Balaban J connectivity index is 1.61. The van der Waals surface area contributed by atoms with Gasteiger partial charge in [-0.05, 0) is 29.8 Å². The molecule has 0 unspecified atom stereocenters. The number of allylic oxidation sites excluding steroid dienone is 2. The molecule has 0 aliphatic rings. The number of amides is 2. The van der Waals surface area contributed by atoms with Crippen molar-refractivity contribution in [1.82, 2.24) is 10.3 Å². The molecule has 0 fully saturated rings. The third kappa shape index (κ3) is 5.29. The van der Waals surface area contributed by atoms with Crippen molar-refractivity contribution in [2.45, 2.75) is 0 Å². The van der Waals surface area contributed by atoms with Gasteiger partial charge in [0.15, 0.2) is 5.69 Å². The highest BCUT2D eigenvalue weighted by molar-refractivity contribution is 6.03. The van der Waals surface area contributed by atoms with E-state index in [9.17, 15) is 14.7 Å². The first-order chi connectivity index (χ1) is 16.1. The molecule has 3 aromatic carbocycles. The normalized spacial score (nSPS) is 11.9. The Labute approximate surface area is 189 Å². The maximum Gasteiger partial charge on any atom is 0.311 e. The van der Waals surface area contributed by atoms with E-state index in [1.54, 1.807) is 60.7 Å². The van der Waals surface area contributed by atoms with Crippen LogP contribution >= 0.6 is 0 Å². The van der Waals surface area contributed by atoms with Gasteiger partial charge in [-0.15, -0.1) is 10.2 Å². The van der Waals surface area contributed by atoms with Crippen molar-refractivity contribution in [3.63, 3.8) is 0 Å². The summed E-state index contributed by atoms with van der Waals surface area (Å²) in [6.45, 7) is 0. The van der Waals surface area contributed by atoms with Gasteiger partial charge < -0.3 is 15.4 Å². The molecule has 0 aliphatic carbocycles. The van der Waals surface area contributed by atoms with E-state index in [0.29, 0.717) is 16.5 Å². The molecule has 0 atom stereocenters. The van der Waals surface area contributed by atoms with Crippen molar-refractivity contribution < 1.29 is 14.7 Å². The minimum absolute atomic E-state index is 0.0564. The molecule has 3 N–H and O–H groups in total. The fourth-order valence-corrected chi connectivity index (χ4v) is 3.13. The number of aromatic amines is 1. The average Bonchev–Trinajstić information content (AvgIpc) is 3.17. The van der Waals surface area contributed by atoms with Gasteiger partial charge in [0.25, 0.3) is 5.91 Å². The Bertz CT molecular complexity index is 1370. The van der Waals surface area contributed by atoms with Gasteiger partial charge >= 0.3 is 5.91 Å². The van der Waals surface area contributed by atoms with E-state index in [-0.39, 0.29) is 17.3 Å².